The Morgan fingerprint density at radius 3 is 2.88 bits per heavy atom. The average Bonchev–Trinajstić information content (AvgIpc) is 3.29. The van der Waals surface area contributed by atoms with Gasteiger partial charge in [0.1, 0.15) is 11.3 Å². The predicted octanol–water partition coefficient (Wildman–Crippen LogP) is 2.27. The van der Waals surface area contributed by atoms with Gasteiger partial charge in [0.2, 0.25) is 0 Å². The van der Waals surface area contributed by atoms with Crippen LogP contribution >= 0.6 is 0 Å². The normalized spacial score (nSPS) is 15.5. The third kappa shape index (κ3) is 4.33. The molecule has 1 saturated heterocycles. The maximum absolute atomic E-state index is 12.8. The lowest BCUT2D eigenvalue weighted by Gasteiger charge is -2.18. The van der Waals surface area contributed by atoms with E-state index in [2.05, 4.69) is 20.3 Å². The predicted molar refractivity (Wildman–Crippen MR) is 125 cm³/mol. The molecule has 3 aromatic rings. The van der Waals surface area contributed by atoms with E-state index < -0.39 is 5.91 Å². The first-order valence-corrected chi connectivity index (χ1v) is 10.5. The molecule has 1 fully saturated rings. The molecule has 0 unspecified atom stereocenters. The first-order valence-electron chi connectivity index (χ1n) is 10.5. The van der Waals surface area contributed by atoms with Gasteiger partial charge in [-0.2, -0.15) is 0 Å². The van der Waals surface area contributed by atoms with Gasteiger partial charge in [0.05, 0.1) is 17.3 Å². The highest BCUT2D eigenvalue weighted by Crippen LogP contribution is 2.28. The lowest BCUT2D eigenvalue weighted by molar-refractivity contribution is -0.112. The van der Waals surface area contributed by atoms with E-state index in [0.29, 0.717) is 30.2 Å². The Bertz CT molecular complexity index is 1260. The second kappa shape index (κ2) is 9.19. The number of carbonyl (C=O) groups excluding carboxylic acids is 1. The highest BCUT2D eigenvalue weighted by Gasteiger charge is 2.16. The smallest absolute Gasteiger partial charge is 0.274 e. The van der Waals surface area contributed by atoms with E-state index in [1.165, 1.54) is 17.0 Å². The number of aryl methyl sites for hydroxylation is 2. The molecule has 4 rings (SSSR count). The molecule has 0 spiro atoms. The van der Waals surface area contributed by atoms with Crippen LogP contribution in [-0.2, 0) is 16.6 Å². The number of amides is 1. The number of aromatic amines is 1. The van der Waals surface area contributed by atoms with Crippen LogP contribution in [0.4, 0.5) is 5.82 Å². The van der Waals surface area contributed by atoms with Crippen LogP contribution in [0.3, 0.4) is 0 Å². The second-order valence-corrected chi connectivity index (χ2v) is 7.79. The quantitative estimate of drug-likeness (QED) is 0.419. The Labute approximate surface area is 185 Å². The zero-order valence-electron chi connectivity index (χ0n) is 18.1. The summed E-state index contributed by atoms with van der Waals surface area (Å²) >= 11 is 0. The highest BCUT2D eigenvalue weighted by atomic mass is 16.5. The zero-order valence-corrected chi connectivity index (χ0v) is 18.1. The summed E-state index contributed by atoms with van der Waals surface area (Å²) in [5.41, 5.74) is 8.73. The molecule has 1 aliphatic heterocycles. The molecule has 4 N–H and O–H groups in total. The molecule has 1 aliphatic rings. The molecule has 3 aromatic heterocycles. The van der Waals surface area contributed by atoms with E-state index in [1.54, 1.807) is 25.5 Å². The van der Waals surface area contributed by atoms with Crippen molar-refractivity contribution in [2.75, 3.05) is 18.5 Å². The number of nitrogens with one attached hydrogen (secondary N) is 2. The van der Waals surface area contributed by atoms with E-state index >= 15 is 0 Å². The van der Waals surface area contributed by atoms with Gasteiger partial charge in [-0.1, -0.05) is 6.07 Å². The number of hydrogen-bond donors (Lipinski definition) is 3. The molecule has 0 aromatic carbocycles. The number of hydrogen-bond acceptors (Lipinski definition) is 6. The zero-order chi connectivity index (χ0) is 22.7. The number of ether oxygens (including phenoxy) is 1. The summed E-state index contributed by atoms with van der Waals surface area (Å²) in [6.07, 6.45) is 7.89. The average molecular weight is 435 g/mol. The largest absolute Gasteiger partial charge is 0.404 e. The van der Waals surface area contributed by atoms with Gasteiger partial charge in [-0.25, -0.2) is 4.98 Å². The molecule has 0 aliphatic carbocycles. The Morgan fingerprint density at radius 2 is 2.12 bits per heavy atom. The number of aromatic nitrogens is 3. The van der Waals surface area contributed by atoms with Gasteiger partial charge >= 0.3 is 0 Å². The second-order valence-electron chi connectivity index (χ2n) is 7.79. The fourth-order valence-corrected chi connectivity index (χ4v) is 3.71. The van der Waals surface area contributed by atoms with Crippen molar-refractivity contribution in [1.29, 1.82) is 0 Å². The van der Waals surface area contributed by atoms with E-state index in [4.69, 9.17) is 10.5 Å². The molecule has 0 radical (unpaired) electrons. The fraction of sp³-hybridized carbons (Fsp3) is 0.304. The van der Waals surface area contributed by atoms with E-state index in [0.717, 1.165) is 29.4 Å². The Kier molecular flexibility index (Phi) is 6.18. The number of H-pyrrole nitrogens is 1. The van der Waals surface area contributed by atoms with E-state index in [-0.39, 0.29) is 17.2 Å². The minimum absolute atomic E-state index is 0.114. The summed E-state index contributed by atoms with van der Waals surface area (Å²) in [4.78, 5) is 37.2. The Morgan fingerprint density at radius 1 is 1.34 bits per heavy atom. The molecule has 9 nitrogen and oxygen atoms in total. The minimum atomic E-state index is -0.391. The van der Waals surface area contributed by atoms with E-state index in [9.17, 15) is 9.59 Å². The summed E-state index contributed by atoms with van der Waals surface area (Å²) in [7, 11) is 1.70. The van der Waals surface area contributed by atoms with Crippen molar-refractivity contribution in [3.05, 3.63) is 58.3 Å². The number of anilines is 1. The molecule has 1 amide bonds. The summed E-state index contributed by atoms with van der Waals surface area (Å²) in [6.45, 7) is 3.28. The lowest BCUT2D eigenvalue weighted by Crippen LogP contribution is -2.21. The topological polar surface area (TPSA) is 127 Å². The maximum Gasteiger partial charge on any atom is 0.274 e. The third-order valence-corrected chi connectivity index (χ3v) is 5.54. The van der Waals surface area contributed by atoms with Crippen molar-refractivity contribution in [1.82, 2.24) is 14.5 Å². The monoisotopic (exact) mass is 434 g/mol. The van der Waals surface area contributed by atoms with Crippen LogP contribution in [0.1, 0.15) is 18.4 Å². The van der Waals surface area contributed by atoms with Crippen LogP contribution in [0.15, 0.2) is 52.2 Å². The van der Waals surface area contributed by atoms with Crippen molar-refractivity contribution < 1.29 is 9.53 Å². The van der Waals surface area contributed by atoms with Gasteiger partial charge in [0.25, 0.3) is 11.5 Å². The molecule has 32 heavy (non-hydrogen) atoms. The van der Waals surface area contributed by atoms with Crippen molar-refractivity contribution in [3.8, 4) is 11.3 Å². The summed E-state index contributed by atoms with van der Waals surface area (Å²) in [6, 6.07) is 5.59. The third-order valence-electron chi connectivity index (χ3n) is 5.54. The minimum Gasteiger partial charge on any atom is -0.404 e. The van der Waals surface area contributed by atoms with Crippen molar-refractivity contribution >= 4 is 28.8 Å². The summed E-state index contributed by atoms with van der Waals surface area (Å²) < 4.78 is 6.85. The Hall–Kier alpha value is -3.72. The van der Waals surface area contributed by atoms with Gasteiger partial charge in [0.15, 0.2) is 0 Å². The van der Waals surface area contributed by atoms with Crippen LogP contribution in [0.2, 0.25) is 0 Å². The highest BCUT2D eigenvalue weighted by molar-refractivity contribution is 6.17. The SMILES string of the molecule is Cc1ccc(NC(=O)/C(C=NC2CCOCC2)=C/N)nc1-c1cn(C)c(=O)c2[nH]ccc12. The van der Waals surface area contributed by atoms with Gasteiger partial charge in [0, 0.05) is 56.0 Å². The van der Waals surface area contributed by atoms with Gasteiger partial charge in [-0.3, -0.25) is 14.6 Å². The van der Waals surface area contributed by atoms with Crippen LogP contribution in [-0.4, -0.2) is 45.9 Å². The number of nitrogens with two attached hydrogens (primary N) is 1. The molecular formula is C23H26N6O3. The first-order chi connectivity index (χ1) is 15.5. The van der Waals surface area contributed by atoms with Crippen molar-refractivity contribution in [2.24, 2.45) is 17.8 Å². The van der Waals surface area contributed by atoms with Crippen LogP contribution in [0.25, 0.3) is 22.2 Å². The number of pyridine rings is 2. The molecule has 9 heteroatoms. The number of carbonyl (C=O) groups is 1. The van der Waals surface area contributed by atoms with Gasteiger partial charge in [-0.05, 0) is 37.5 Å². The number of nitrogens with zero attached hydrogens (tertiary/aromatic N) is 3. The van der Waals surface area contributed by atoms with Crippen LogP contribution < -0.4 is 16.6 Å². The number of aliphatic imine (C=N–C) groups is 1. The molecular weight excluding hydrogens is 408 g/mol. The Balaban J connectivity index is 1.60. The lowest BCUT2D eigenvalue weighted by atomic mass is 10.0. The summed E-state index contributed by atoms with van der Waals surface area (Å²) in [5.74, 6) is -0.00943. The van der Waals surface area contributed by atoms with Crippen LogP contribution in [0, 0.1) is 6.92 Å². The fourth-order valence-electron chi connectivity index (χ4n) is 3.71. The molecule has 0 saturated carbocycles. The van der Waals surface area contributed by atoms with Crippen molar-refractivity contribution in [2.45, 2.75) is 25.8 Å². The van der Waals surface area contributed by atoms with E-state index in [1.807, 2.05) is 19.1 Å². The van der Waals surface area contributed by atoms with Crippen molar-refractivity contribution in [3.63, 3.8) is 0 Å². The summed E-state index contributed by atoms with van der Waals surface area (Å²) in [5, 5.41) is 3.57. The molecule has 0 bridgehead atoms. The maximum atomic E-state index is 12.8. The first kappa shape index (κ1) is 21.5. The number of rotatable bonds is 5. The van der Waals surface area contributed by atoms with Gasteiger partial charge in [-0.15, -0.1) is 0 Å². The molecule has 0 atom stereocenters. The number of fused-ring (bicyclic) bond motifs is 1. The molecule has 166 valence electrons. The standard InChI is InChI=1S/C23H26N6O3/c1-14-3-4-19(28-22(30)15(11-24)12-26-16-6-9-32-10-7-16)27-20(14)18-13-29(2)23(31)21-17(18)5-8-25-21/h3-5,8,11-13,16,25H,6-7,9-10,24H2,1-2H3,(H,27,28,30)/b15-11+,26-12?. The van der Waals surface area contributed by atoms with Crippen LogP contribution in [0.5, 0.6) is 0 Å². The van der Waals surface area contributed by atoms with Gasteiger partial charge < -0.3 is 25.3 Å². The molecule has 4 heterocycles.